The minimum atomic E-state index is -0.912. The lowest BCUT2D eigenvalue weighted by Crippen LogP contribution is -1.96. The number of allylic oxidation sites excluding steroid dienone is 1. The monoisotopic (exact) mass is 196 g/mol. The average Bonchev–Trinajstić information content (AvgIpc) is 2.01. The van der Waals surface area contributed by atoms with Gasteiger partial charge in [0.25, 0.3) is 0 Å². The summed E-state index contributed by atoms with van der Waals surface area (Å²) in [4.78, 5) is 12.8. The van der Waals surface area contributed by atoms with E-state index >= 15 is 0 Å². The molecule has 0 saturated heterocycles. The molecule has 1 rings (SSSR count). The molecule has 0 aliphatic heterocycles. The van der Waals surface area contributed by atoms with Gasteiger partial charge >= 0.3 is 5.82 Å². The molecule has 5 heteroatoms. The second-order valence-electron chi connectivity index (χ2n) is 3.05. The Morgan fingerprint density at radius 3 is 2.71 bits per heavy atom. The lowest BCUT2D eigenvalue weighted by Gasteiger charge is -1.95. The Bertz CT molecular complexity index is 398. The van der Waals surface area contributed by atoms with Crippen LogP contribution in [0, 0.1) is 15.9 Å². The van der Waals surface area contributed by atoms with Crippen molar-refractivity contribution < 1.29 is 9.31 Å². The predicted octanol–water partition coefficient (Wildman–Crippen LogP) is 2.55. The highest BCUT2D eigenvalue weighted by Gasteiger charge is 2.14. The van der Waals surface area contributed by atoms with Gasteiger partial charge in [-0.15, -0.1) is 0 Å². The number of pyridine rings is 1. The fraction of sp³-hybridized carbons (Fsp3) is 0.222. The second-order valence-corrected chi connectivity index (χ2v) is 3.05. The van der Waals surface area contributed by atoms with Crippen molar-refractivity contribution in [2.24, 2.45) is 0 Å². The normalized spacial score (nSPS) is 9.64. The Kier molecular flexibility index (Phi) is 2.91. The molecule has 0 spiro atoms. The van der Waals surface area contributed by atoms with Crippen LogP contribution in [0.4, 0.5) is 10.2 Å². The van der Waals surface area contributed by atoms with Gasteiger partial charge in [-0.3, -0.25) is 0 Å². The summed E-state index contributed by atoms with van der Waals surface area (Å²) >= 11 is 0. The lowest BCUT2D eigenvalue weighted by atomic mass is 10.2. The highest BCUT2D eigenvalue weighted by molar-refractivity contribution is 5.51. The molecule has 14 heavy (non-hydrogen) atoms. The van der Waals surface area contributed by atoms with Crippen molar-refractivity contribution in [3.63, 3.8) is 0 Å². The number of nitrogens with zero attached hydrogens (tertiary/aromatic N) is 2. The van der Waals surface area contributed by atoms with Crippen molar-refractivity contribution in [2.45, 2.75) is 13.8 Å². The van der Waals surface area contributed by atoms with Crippen molar-refractivity contribution in [2.75, 3.05) is 0 Å². The van der Waals surface area contributed by atoms with Crippen LogP contribution in [0.15, 0.2) is 17.8 Å². The van der Waals surface area contributed by atoms with Crippen LogP contribution in [0.2, 0.25) is 0 Å². The van der Waals surface area contributed by atoms with E-state index in [0.29, 0.717) is 5.56 Å². The first-order chi connectivity index (χ1) is 6.50. The standard InChI is InChI=1S/C9H9FN2O2/c1-6(2)3-7-4-8(10)9(11-5-7)12(13)14/h3-5H,1-2H3. The highest BCUT2D eigenvalue weighted by atomic mass is 19.1. The van der Waals surface area contributed by atoms with E-state index in [2.05, 4.69) is 4.98 Å². The summed E-state index contributed by atoms with van der Waals surface area (Å²) in [5.74, 6) is -1.65. The summed E-state index contributed by atoms with van der Waals surface area (Å²) in [7, 11) is 0. The van der Waals surface area contributed by atoms with Gasteiger partial charge < -0.3 is 10.1 Å². The van der Waals surface area contributed by atoms with Gasteiger partial charge in [-0.25, -0.2) is 0 Å². The summed E-state index contributed by atoms with van der Waals surface area (Å²) in [6.45, 7) is 3.69. The van der Waals surface area contributed by atoms with Crippen LogP contribution in [-0.4, -0.2) is 9.91 Å². The Labute approximate surface area is 80.2 Å². The van der Waals surface area contributed by atoms with E-state index in [9.17, 15) is 14.5 Å². The molecule has 0 unspecified atom stereocenters. The zero-order valence-electron chi connectivity index (χ0n) is 7.82. The maximum atomic E-state index is 13.0. The highest BCUT2D eigenvalue weighted by Crippen LogP contribution is 2.15. The first-order valence-corrected chi connectivity index (χ1v) is 3.95. The van der Waals surface area contributed by atoms with E-state index in [1.807, 2.05) is 13.8 Å². The van der Waals surface area contributed by atoms with Gasteiger partial charge in [0.2, 0.25) is 5.82 Å². The molecule has 1 aromatic rings. The molecule has 0 saturated carbocycles. The van der Waals surface area contributed by atoms with Crippen molar-refractivity contribution in [3.8, 4) is 0 Å². The number of hydrogen-bond acceptors (Lipinski definition) is 3. The molecule has 0 aliphatic carbocycles. The summed E-state index contributed by atoms with van der Waals surface area (Å²) in [6.07, 6.45) is 2.97. The van der Waals surface area contributed by atoms with Gasteiger partial charge in [0.15, 0.2) is 0 Å². The van der Waals surface area contributed by atoms with Gasteiger partial charge in [0.05, 0.1) is 0 Å². The van der Waals surface area contributed by atoms with Crippen molar-refractivity contribution >= 4 is 11.9 Å². The van der Waals surface area contributed by atoms with Crippen molar-refractivity contribution in [3.05, 3.63) is 39.3 Å². The fourth-order valence-electron chi connectivity index (χ4n) is 0.992. The minimum absolute atomic E-state index is 0.521. The number of halogens is 1. The summed E-state index contributed by atoms with van der Waals surface area (Å²) in [6, 6.07) is 1.10. The van der Waals surface area contributed by atoms with Gasteiger partial charge in [0, 0.05) is 5.56 Å². The van der Waals surface area contributed by atoms with Crippen LogP contribution in [-0.2, 0) is 0 Å². The second kappa shape index (κ2) is 3.95. The zero-order valence-corrected chi connectivity index (χ0v) is 7.82. The summed E-state index contributed by atoms with van der Waals surface area (Å²) < 4.78 is 13.0. The molecule has 0 N–H and O–H groups in total. The molecule has 0 bridgehead atoms. The molecule has 1 heterocycles. The largest absolute Gasteiger partial charge is 0.399 e. The number of rotatable bonds is 2. The van der Waals surface area contributed by atoms with E-state index in [1.54, 1.807) is 6.08 Å². The van der Waals surface area contributed by atoms with E-state index in [4.69, 9.17) is 0 Å². The zero-order chi connectivity index (χ0) is 10.7. The van der Waals surface area contributed by atoms with Crippen LogP contribution in [0.5, 0.6) is 0 Å². The first-order valence-electron chi connectivity index (χ1n) is 3.95. The Morgan fingerprint density at radius 1 is 1.64 bits per heavy atom. The average molecular weight is 196 g/mol. The predicted molar refractivity (Wildman–Crippen MR) is 50.2 cm³/mol. The maximum Gasteiger partial charge on any atom is 0.399 e. The molecule has 0 atom stereocenters. The SMILES string of the molecule is CC(C)=Cc1cnc([N+](=O)[O-])c(F)c1. The number of aromatic nitrogens is 1. The molecular weight excluding hydrogens is 187 g/mol. The molecule has 74 valence electrons. The van der Waals surface area contributed by atoms with Crippen LogP contribution in [0.25, 0.3) is 6.08 Å². The molecule has 0 amide bonds. The lowest BCUT2D eigenvalue weighted by molar-refractivity contribution is -0.392. The van der Waals surface area contributed by atoms with Gasteiger partial charge in [-0.1, -0.05) is 11.6 Å². The van der Waals surface area contributed by atoms with Gasteiger partial charge in [-0.2, -0.15) is 4.39 Å². The molecule has 0 fully saturated rings. The van der Waals surface area contributed by atoms with Crippen LogP contribution < -0.4 is 0 Å². The molecule has 1 aromatic heterocycles. The van der Waals surface area contributed by atoms with Crippen molar-refractivity contribution in [1.82, 2.24) is 4.98 Å². The molecule has 0 aromatic carbocycles. The fourth-order valence-corrected chi connectivity index (χ4v) is 0.992. The van der Waals surface area contributed by atoms with E-state index in [0.717, 1.165) is 11.6 Å². The van der Waals surface area contributed by atoms with E-state index in [1.165, 1.54) is 6.20 Å². The van der Waals surface area contributed by atoms with E-state index < -0.39 is 16.6 Å². The summed E-state index contributed by atoms with van der Waals surface area (Å²) in [5, 5.41) is 10.2. The van der Waals surface area contributed by atoms with Crippen LogP contribution >= 0.6 is 0 Å². The van der Waals surface area contributed by atoms with Gasteiger partial charge in [-0.05, 0) is 29.8 Å². The van der Waals surface area contributed by atoms with Gasteiger partial charge in [0.1, 0.15) is 6.20 Å². The Balaban J connectivity index is 3.13. The first kappa shape index (κ1) is 10.3. The quantitative estimate of drug-likeness (QED) is 0.539. The number of hydrogen-bond donors (Lipinski definition) is 0. The smallest absolute Gasteiger partial charge is 0.358 e. The topological polar surface area (TPSA) is 56.0 Å². The summed E-state index contributed by atoms with van der Waals surface area (Å²) in [5.41, 5.74) is 1.49. The van der Waals surface area contributed by atoms with Crippen molar-refractivity contribution in [1.29, 1.82) is 0 Å². The minimum Gasteiger partial charge on any atom is -0.358 e. The Morgan fingerprint density at radius 2 is 2.29 bits per heavy atom. The van der Waals surface area contributed by atoms with E-state index in [-0.39, 0.29) is 0 Å². The third-order valence-corrected chi connectivity index (χ3v) is 1.47. The number of nitro groups is 1. The Hall–Kier alpha value is -1.78. The molecular formula is C9H9FN2O2. The van der Waals surface area contributed by atoms with Crippen LogP contribution in [0.3, 0.4) is 0 Å². The molecule has 0 aliphatic rings. The molecule has 0 radical (unpaired) electrons. The maximum absolute atomic E-state index is 13.0. The van der Waals surface area contributed by atoms with Crippen LogP contribution in [0.1, 0.15) is 19.4 Å². The third-order valence-electron chi connectivity index (χ3n) is 1.47. The molecule has 4 nitrogen and oxygen atoms in total. The third kappa shape index (κ3) is 2.35.